The molecule has 28 heavy (non-hydrogen) atoms. The molecule has 2 aromatic carbocycles. The number of sulfonamides is 1. The summed E-state index contributed by atoms with van der Waals surface area (Å²) in [5.41, 5.74) is 9.71. The van der Waals surface area contributed by atoms with E-state index in [1.807, 2.05) is 12.1 Å². The summed E-state index contributed by atoms with van der Waals surface area (Å²) >= 11 is 0. The average Bonchev–Trinajstić information content (AvgIpc) is 2.85. The molecule has 1 unspecified atom stereocenters. The first-order valence-electron chi connectivity index (χ1n) is 8.84. The van der Waals surface area contributed by atoms with Gasteiger partial charge in [-0.15, -0.1) is 12.4 Å². The van der Waals surface area contributed by atoms with E-state index >= 15 is 0 Å². The van der Waals surface area contributed by atoms with Gasteiger partial charge in [0.15, 0.2) is 0 Å². The first-order chi connectivity index (χ1) is 12.8. The van der Waals surface area contributed by atoms with Crippen LogP contribution in [0.1, 0.15) is 30.0 Å². The lowest BCUT2D eigenvalue weighted by molar-refractivity contribution is 0.507. The van der Waals surface area contributed by atoms with Crippen molar-refractivity contribution in [3.63, 3.8) is 0 Å². The molecule has 0 aliphatic heterocycles. The van der Waals surface area contributed by atoms with Crippen molar-refractivity contribution >= 4 is 39.2 Å². The van der Waals surface area contributed by atoms with Gasteiger partial charge in [-0.2, -0.15) is 0 Å². The SMILES string of the molecule is Cl.Cn1c(=O)n(C)c2cc(S(=O)(=O)NC3CCCc4cc(N)ccc43)ccc21. The van der Waals surface area contributed by atoms with Crippen LogP contribution in [0.3, 0.4) is 0 Å². The summed E-state index contributed by atoms with van der Waals surface area (Å²) in [6, 6.07) is 10.1. The number of hydrogen-bond donors (Lipinski definition) is 2. The molecule has 0 radical (unpaired) electrons. The first kappa shape index (κ1) is 20.4. The molecule has 0 amide bonds. The van der Waals surface area contributed by atoms with E-state index < -0.39 is 10.0 Å². The van der Waals surface area contributed by atoms with Crippen molar-refractivity contribution in [3.05, 3.63) is 58.0 Å². The van der Waals surface area contributed by atoms with Gasteiger partial charge in [0.2, 0.25) is 10.0 Å². The normalized spacial score (nSPS) is 16.6. The van der Waals surface area contributed by atoms with Gasteiger partial charge >= 0.3 is 5.69 Å². The Morgan fingerprint density at radius 2 is 1.79 bits per heavy atom. The molecule has 1 atom stereocenters. The van der Waals surface area contributed by atoms with Crippen molar-refractivity contribution in [2.24, 2.45) is 14.1 Å². The fraction of sp³-hybridized carbons (Fsp3) is 0.316. The van der Waals surface area contributed by atoms with Crippen LogP contribution in [0.25, 0.3) is 11.0 Å². The Bertz CT molecular complexity index is 1210. The van der Waals surface area contributed by atoms with Crippen LogP contribution in [0.15, 0.2) is 46.1 Å². The third-order valence-electron chi connectivity index (χ3n) is 5.33. The number of halogens is 1. The Hall–Kier alpha value is -2.29. The number of nitrogens with zero attached hydrogens (tertiary/aromatic N) is 2. The van der Waals surface area contributed by atoms with Crippen LogP contribution in [0.4, 0.5) is 5.69 Å². The largest absolute Gasteiger partial charge is 0.399 e. The summed E-state index contributed by atoms with van der Waals surface area (Å²) in [6.45, 7) is 0. The molecule has 1 aromatic heterocycles. The maximum atomic E-state index is 13.0. The number of hydrogen-bond acceptors (Lipinski definition) is 4. The molecule has 4 rings (SSSR count). The summed E-state index contributed by atoms with van der Waals surface area (Å²) < 4.78 is 31.8. The minimum atomic E-state index is -3.73. The van der Waals surface area contributed by atoms with E-state index in [2.05, 4.69) is 4.72 Å². The van der Waals surface area contributed by atoms with Crippen LogP contribution in [-0.4, -0.2) is 17.6 Å². The molecule has 3 N–H and O–H groups in total. The first-order valence-corrected chi connectivity index (χ1v) is 10.3. The van der Waals surface area contributed by atoms with Crippen LogP contribution in [0, 0.1) is 0 Å². The summed E-state index contributed by atoms with van der Waals surface area (Å²) in [5.74, 6) is 0. The monoisotopic (exact) mass is 422 g/mol. The maximum absolute atomic E-state index is 13.0. The number of aromatic nitrogens is 2. The molecule has 150 valence electrons. The highest BCUT2D eigenvalue weighted by Crippen LogP contribution is 2.32. The van der Waals surface area contributed by atoms with Gasteiger partial charge < -0.3 is 5.73 Å². The Kier molecular flexibility index (Phi) is 5.31. The zero-order chi connectivity index (χ0) is 19.3. The van der Waals surface area contributed by atoms with E-state index in [9.17, 15) is 13.2 Å². The third-order valence-corrected chi connectivity index (χ3v) is 6.80. The Morgan fingerprint density at radius 3 is 2.54 bits per heavy atom. The second kappa shape index (κ2) is 7.27. The number of nitrogens with one attached hydrogen (secondary N) is 1. The highest BCUT2D eigenvalue weighted by Gasteiger charge is 2.26. The predicted molar refractivity (Wildman–Crippen MR) is 112 cm³/mol. The standard InChI is InChI=1S/C19H22N4O3S.ClH/c1-22-17-9-7-14(11-18(17)23(2)19(22)24)27(25,26)21-16-5-3-4-12-10-13(20)6-8-15(12)16;/h6-11,16,21H,3-5,20H2,1-2H3;1H. The quantitative estimate of drug-likeness (QED) is 0.632. The van der Waals surface area contributed by atoms with Crippen LogP contribution >= 0.6 is 12.4 Å². The topological polar surface area (TPSA) is 99.1 Å². The molecule has 0 spiro atoms. The van der Waals surface area contributed by atoms with Gasteiger partial charge in [-0.25, -0.2) is 17.9 Å². The van der Waals surface area contributed by atoms with E-state index in [0.29, 0.717) is 16.7 Å². The average molecular weight is 423 g/mol. The fourth-order valence-electron chi connectivity index (χ4n) is 3.87. The Balaban J connectivity index is 0.00000225. The smallest absolute Gasteiger partial charge is 0.328 e. The van der Waals surface area contributed by atoms with Crippen molar-refractivity contribution in [2.75, 3.05) is 5.73 Å². The number of benzene rings is 2. The molecular weight excluding hydrogens is 400 g/mol. The highest BCUT2D eigenvalue weighted by atomic mass is 35.5. The van der Waals surface area contributed by atoms with Crippen LogP contribution in [0.5, 0.6) is 0 Å². The van der Waals surface area contributed by atoms with Gasteiger partial charge in [-0.1, -0.05) is 6.07 Å². The number of anilines is 1. The summed E-state index contributed by atoms with van der Waals surface area (Å²) in [7, 11) is -0.427. The van der Waals surface area contributed by atoms with E-state index in [4.69, 9.17) is 5.73 Å². The zero-order valence-electron chi connectivity index (χ0n) is 15.7. The maximum Gasteiger partial charge on any atom is 0.328 e. The van der Waals surface area contributed by atoms with Crippen molar-refractivity contribution in [3.8, 4) is 0 Å². The predicted octanol–water partition coefficient (Wildman–Crippen LogP) is 2.24. The summed E-state index contributed by atoms with van der Waals surface area (Å²) in [5, 5.41) is 0. The van der Waals surface area contributed by atoms with Crippen LogP contribution in [-0.2, 0) is 30.5 Å². The van der Waals surface area contributed by atoms with Gasteiger partial charge in [-0.3, -0.25) is 9.13 Å². The van der Waals surface area contributed by atoms with Crippen LogP contribution in [0.2, 0.25) is 0 Å². The molecule has 9 heteroatoms. The number of nitrogen functional groups attached to an aromatic ring is 1. The minimum absolute atomic E-state index is 0. The second-order valence-corrected chi connectivity index (χ2v) is 8.79. The molecule has 7 nitrogen and oxygen atoms in total. The van der Waals surface area contributed by atoms with E-state index in [0.717, 1.165) is 30.4 Å². The van der Waals surface area contributed by atoms with Crippen molar-refractivity contribution < 1.29 is 8.42 Å². The lowest BCUT2D eigenvalue weighted by atomic mass is 9.88. The van der Waals surface area contributed by atoms with Gasteiger partial charge in [0.05, 0.1) is 15.9 Å². The number of imidazole rings is 1. The molecule has 0 bridgehead atoms. The molecule has 1 aliphatic carbocycles. The van der Waals surface area contributed by atoms with Crippen molar-refractivity contribution in [1.29, 1.82) is 0 Å². The van der Waals surface area contributed by atoms with Gasteiger partial charge in [0, 0.05) is 25.8 Å². The van der Waals surface area contributed by atoms with E-state index in [-0.39, 0.29) is 29.0 Å². The van der Waals surface area contributed by atoms with Crippen molar-refractivity contribution in [1.82, 2.24) is 13.9 Å². The highest BCUT2D eigenvalue weighted by molar-refractivity contribution is 7.89. The number of nitrogens with two attached hydrogens (primary N) is 1. The van der Waals surface area contributed by atoms with Crippen LogP contribution < -0.4 is 16.1 Å². The van der Waals surface area contributed by atoms with E-state index in [1.165, 1.54) is 15.2 Å². The third kappa shape index (κ3) is 3.32. The summed E-state index contributed by atoms with van der Waals surface area (Å²) in [6.07, 6.45) is 2.54. The van der Waals surface area contributed by atoms with E-state index in [1.54, 1.807) is 32.3 Å². The Morgan fingerprint density at radius 1 is 1.07 bits per heavy atom. The molecule has 0 saturated carbocycles. The second-order valence-electron chi connectivity index (χ2n) is 7.08. The lowest BCUT2D eigenvalue weighted by Crippen LogP contribution is -2.31. The van der Waals surface area contributed by atoms with Gasteiger partial charge in [-0.05, 0) is 60.7 Å². The number of rotatable bonds is 3. The molecule has 1 aliphatic rings. The number of aryl methyl sites for hydroxylation is 3. The molecule has 3 aromatic rings. The minimum Gasteiger partial charge on any atom is -0.399 e. The molecular formula is C19H23ClN4O3S. The molecule has 0 fully saturated rings. The molecule has 0 saturated heterocycles. The van der Waals surface area contributed by atoms with Gasteiger partial charge in [0.25, 0.3) is 0 Å². The Labute approximate surface area is 169 Å². The lowest BCUT2D eigenvalue weighted by Gasteiger charge is -2.26. The van der Waals surface area contributed by atoms with Crippen molar-refractivity contribution in [2.45, 2.75) is 30.2 Å². The molecule has 1 heterocycles. The zero-order valence-corrected chi connectivity index (χ0v) is 17.3. The number of fused-ring (bicyclic) bond motifs is 2. The summed E-state index contributed by atoms with van der Waals surface area (Å²) in [4.78, 5) is 12.2. The van der Waals surface area contributed by atoms with Gasteiger partial charge in [0.1, 0.15) is 0 Å². The fourth-order valence-corrected chi connectivity index (χ4v) is 5.14.